The number of carbonyl (C=O) groups excluding carboxylic acids is 3. The molecule has 2 fully saturated rings. The van der Waals surface area contributed by atoms with Crippen LogP contribution in [0.15, 0.2) is 66.8 Å². The maximum atomic E-state index is 14.5. The molecule has 0 spiro atoms. The predicted octanol–water partition coefficient (Wildman–Crippen LogP) is 5.21. The molecule has 0 radical (unpaired) electrons. The van der Waals surface area contributed by atoms with Gasteiger partial charge in [-0.05, 0) is 49.6 Å². The number of amides is 3. The summed E-state index contributed by atoms with van der Waals surface area (Å²) in [6.07, 6.45) is 7.62. The minimum atomic E-state index is -2.85. The van der Waals surface area contributed by atoms with Crippen molar-refractivity contribution in [3.05, 3.63) is 77.7 Å². The van der Waals surface area contributed by atoms with E-state index in [1.165, 1.54) is 34.1 Å². The van der Waals surface area contributed by atoms with Crippen molar-refractivity contribution in [1.29, 1.82) is 0 Å². The molecular weight excluding hydrogens is 545 g/mol. The third kappa shape index (κ3) is 5.91. The second-order valence-electron chi connectivity index (χ2n) is 10.3. The fraction of sp³-hybridized carbons (Fsp3) is 0.379. The summed E-state index contributed by atoms with van der Waals surface area (Å²) in [4.78, 5) is 47.9. The summed E-state index contributed by atoms with van der Waals surface area (Å²) < 4.78 is 41.7. The topological polar surface area (TPSA) is 82.6 Å². The van der Waals surface area contributed by atoms with Gasteiger partial charge in [0.1, 0.15) is 28.9 Å². The number of hydrogen-bond acceptors (Lipinski definition) is 4. The SMILES string of the molecule is O=C(NC1CC(F)(F)C1)[C@@H](C1C=CC=CCC1)N(C(=O)[C@@H]1CCC(=O)N1c1cccc(Cl)n1)c1cccc(F)c1. The Labute approximate surface area is 234 Å². The zero-order valence-electron chi connectivity index (χ0n) is 21.5. The number of carbonyl (C=O) groups is 3. The van der Waals surface area contributed by atoms with Crippen LogP contribution in [0.2, 0.25) is 5.15 Å². The van der Waals surface area contributed by atoms with Gasteiger partial charge in [0.25, 0.3) is 11.8 Å². The summed E-state index contributed by atoms with van der Waals surface area (Å²) in [5, 5.41) is 2.82. The number of pyridine rings is 1. The zero-order valence-corrected chi connectivity index (χ0v) is 22.2. The average Bonchev–Trinajstić information content (AvgIpc) is 3.08. The highest BCUT2D eigenvalue weighted by atomic mass is 35.5. The maximum absolute atomic E-state index is 14.5. The summed E-state index contributed by atoms with van der Waals surface area (Å²) in [5.41, 5.74) is 0.119. The Bertz CT molecular complexity index is 1360. The van der Waals surface area contributed by atoms with E-state index in [2.05, 4.69) is 10.3 Å². The van der Waals surface area contributed by atoms with E-state index in [9.17, 15) is 27.6 Å². The molecule has 2 heterocycles. The molecule has 1 N–H and O–H groups in total. The Balaban J connectivity index is 1.56. The van der Waals surface area contributed by atoms with Crippen LogP contribution in [0, 0.1) is 11.7 Å². The molecule has 2 aromatic rings. The van der Waals surface area contributed by atoms with Crippen molar-refractivity contribution in [2.45, 2.75) is 62.6 Å². The smallest absolute Gasteiger partial charge is 0.252 e. The second kappa shape index (κ2) is 11.4. The summed E-state index contributed by atoms with van der Waals surface area (Å²) in [7, 11) is 0. The molecule has 3 aliphatic rings. The maximum Gasteiger partial charge on any atom is 0.252 e. The zero-order chi connectivity index (χ0) is 28.4. The Morgan fingerprint density at radius 3 is 2.62 bits per heavy atom. The van der Waals surface area contributed by atoms with Gasteiger partial charge in [-0.1, -0.05) is 48.0 Å². The average molecular weight is 573 g/mol. The Kier molecular flexibility index (Phi) is 7.98. The first-order chi connectivity index (χ1) is 19.1. The van der Waals surface area contributed by atoms with Gasteiger partial charge in [-0.2, -0.15) is 0 Å². The number of halogens is 4. The minimum Gasteiger partial charge on any atom is -0.351 e. The first kappa shape index (κ1) is 27.9. The van der Waals surface area contributed by atoms with Gasteiger partial charge in [0, 0.05) is 36.9 Å². The lowest BCUT2D eigenvalue weighted by molar-refractivity contribution is -0.133. The fourth-order valence-electron chi connectivity index (χ4n) is 5.53. The number of nitrogens with one attached hydrogen (secondary N) is 1. The van der Waals surface area contributed by atoms with Gasteiger partial charge in [-0.25, -0.2) is 18.2 Å². The number of benzene rings is 1. The first-order valence-electron chi connectivity index (χ1n) is 13.2. The molecule has 0 bridgehead atoms. The lowest BCUT2D eigenvalue weighted by Crippen LogP contribution is -2.61. The van der Waals surface area contributed by atoms with E-state index in [0.717, 1.165) is 6.07 Å². The molecule has 40 heavy (non-hydrogen) atoms. The van der Waals surface area contributed by atoms with Crippen LogP contribution in [0.3, 0.4) is 0 Å². The summed E-state index contributed by atoms with van der Waals surface area (Å²) >= 11 is 6.06. The number of allylic oxidation sites excluding steroid dienone is 3. The van der Waals surface area contributed by atoms with Crippen molar-refractivity contribution in [2.24, 2.45) is 5.92 Å². The third-order valence-electron chi connectivity index (χ3n) is 7.43. The fourth-order valence-corrected chi connectivity index (χ4v) is 5.69. The van der Waals surface area contributed by atoms with Crippen molar-refractivity contribution in [1.82, 2.24) is 10.3 Å². The molecule has 2 aliphatic carbocycles. The van der Waals surface area contributed by atoms with E-state index in [0.29, 0.717) is 12.8 Å². The van der Waals surface area contributed by atoms with Crippen LogP contribution in [0.1, 0.15) is 38.5 Å². The van der Waals surface area contributed by atoms with Crippen LogP contribution < -0.4 is 15.1 Å². The van der Waals surface area contributed by atoms with Crippen molar-refractivity contribution < 1.29 is 27.6 Å². The number of alkyl halides is 2. The molecule has 1 unspecified atom stereocenters. The number of rotatable bonds is 7. The van der Waals surface area contributed by atoms with Crippen molar-refractivity contribution in [2.75, 3.05) is 9.80 Å². The standard InChI is InChI=1S/C29H28ClF3N4O3/c30-23-11-6-12-24(35-23)37-22(13-14-25(37)38)28(40)36(21-10-5-9-19(31)15-21)26(18-7-3-1-2-4-8-18)27(39)34-20-16-29(32,33)17-20/h1-3,5-7,9-12,15,18,20,22,26H,4,8,13-14,16-17H2,(H,34,39)/t18?,22-,26+/m0/s1. The predicted molar refractivity (Wildman–Crippen MR) is 145 cm³/mol. The highest BCUT2D eigenvalue weighted by molar-refractivity contribution is 6.29. The van der Waals surface area contributed by atoms with Crippen molar-refractivity contribution in [3.8, 4) is 0 Å². The van der Waals surface area contributed by atoms with Gasteiger partial charge in [-0.3, -0.25) is 24.2 Å². The van der Waals surface area contributed by atoms with Crippen LogP contribution in [0.25, 0.3) is 0 Å². The molecule has 11 heteroatoms. The van der Waals surface area contributed by atoms with E-state index >= 15 is 0 Å². The van der Waals surface area contributed by atoms with E-state index in [1.54, 1.807) is 24.3 Å². The summed E-state index contributed by atoms with van der Waals surface area (Å²) in [6, 6.07) is 7.02. The van der Waals surface area contributed by atoms with Gasteiger partial charge >= 0.3 is 0 Å². The molecule has 210 valence electrons. The highest BCUT2D eigenvalue weighted by Crippen LogP contribution is 2.38. The molecule has 7 nitrogen and oxygen atoms in total. The number of anilines is 2. The molecule has 3 amide bonds. The molecule has 1 saturated heterocycles. The van der Waals surface area contributed by atoms with E-state index in [1.807, 2.05) is 12.2 Å². The Morgan fingerprint density at radius 1 is 1.12 bits per heavy atom. The van der Waals surface area contributed by atoms with E-state index < -0.39 is 60.4 Å². The molecule has 1 saturated carbocycles. The van der Waals surface area contributed by atoms with E-state index in [-0.39, 0.29) is 35.4 Å². The third-order valence-corrected chi connectivity index (χ3v) is 7.64. The van der Waals surface area contributed by atoms with Crippen LogP contribution in [-0.2, 0) is 14.4 Å². The quantitative estimate of drug-likeness (QED) is 0.462. The largest absolute Gasteiger partial charge is 0.351 e. The monoisotopic (exact) mass is 572 g/mol. The Morgan fingerprint density at radius 2 is 1.90 bits per heavy atom. The van der Waals surface area contributed by atoms with Gasteiger partial charge in [-0.15, -0.1) is 0 Å². The molecule has 1 aliphatic heterocycles. The van der Waals surface area contributed by atoms with Crippen LogP contribution in [0.4, 0.5) is 24.7 Å². The van der Waals surface area contributed by atoms with Gasteiger partial charge in [0.05, 0.1) is 0 Å². The number of aromatic nitrogens is 1. The van der Waals surface area contributed by atoms with Crippen molar-refractivity contribution >= 4 is 40.8 Å². The Hall–Kier alpha value is -3.66. The van der Waals surface area contributed by atoms with Crippen LogP contribution in [-0.4, -0.2) is 46.8 Å². The molecular formula is C29H28ClF3N4O3. The van der Waals surface area contributed by atoms with Crippen molar-refractivity contribution in [3.63, 3.8) is 0 Å². The first-order valence-corrected chi connectivity index (χ1v) is 13.6. The van der Waals surface area contributed by atoms with E-state index in [4.69, 9.17) is 11.6 Å². The minimum absolute atomic E-state index is 0.0584. The normalized spacial score (nSPS) is 22.9. The van der Waals surface area contributed by atoms with Gasteiger partial charge in [0.15, 0.2) is 0 Å². The molecule has 5 rings (SSSR count). The lowest BCUT2D eigenvalue weighted by Gasteiger charge is -2.40. The van der Waals surface area contributed by atoms with Gasteiger partial charge < -0.3 is 5.32 Å². The van der Waals surface area contributed by atoms with Gasteiger partial charge in [0.2, 0.25) is 11.8 Å². The number of nitrogens with zero attached hydrogens (tertiary/aromatic N) is 3. The molecule has 1 aromatic carbocycles. The summed E-state index contributed by atoms with van der Waals surface area (Å²) in [5.74, 6) is -5.38. The van der Waals surface area contributed by atoms with Crippen LogP contribution >= 0.6 is 11.6 Å². The molecule has 3 atom stereocenters. The number of hydrogen-bond donors (Lipinski definition) is 1. The lowest BCUT2D eigenvalue weighted by atomic mass is 9.86. The highest BCUT2D eigenvalue weighted by Gasteiger charge is 2.49. The second-order valence-corrected chi connectivity index (χ2v) is 10.7. The van der Waals surface area contributed by atoms with Crippen LogP contribution in [0.5, 0.6) is 0 Å². The molecule has 1 aromatic heterocycles. The summed E-state index contributed by atoms with van der Waals surface area (Å²) in [6.45, 7) is 0.